The first-order chi connectivity index (χ1) is 8.69. The maximum Gasteiger partial charge on any atom is 0.317 e. The van der Waals surface area contributed by atoms with Crippen molar-refractivity contribution in [3.8, 4) is 0 Å². The number of likely N-dealkylation sites (N-methyl/N-ethyl adjacent to an activating group) is 1. The van der Waals surface area contributed by atoms with E-state index in [1.165, 1.54) is 0 Å². The number of nitrogens with one attached hydrogen (secondary N) is 2. The van der Waals surface area contributed by atoms with Crippen LogP contribution >= 0.6 is 0 Å². The number of carbonyl (C=O) groups excluding carboxylic acids is 1. The lowest BCUT2D eigenvalue weighted by Gasteiger charge is -2.31. The number of hydrogen-bond donors (Lipinski definition) is 2. The molecule has 0 aromatic carbocycles. The topological polar surface area (TPSA) is 47.6 Å². The van der Waals surface area contributed by atoms with Crippen molar-refractivity contribution in [3.63, 3.8) is 0 Å². The van der Waals surface area contributed by atoms with Crippen LogP contribution in [0.2, 0.25) is 0 Å². The van der Waals surface area contributed by atoms with E-state index in [2.05, 4.69) is 29.5 Å². The van der Waals surface area contributed by atoms with Crippen molar-refractivity contribution in [2.24, 2.45) is 0 Å². The van der Waals surface area contributed by atoms with Crippen molar-refractivity contribution >= 4 is 6.03 Å². The molecule has 2 aliphatic heterocycles. The lowest BCUT2D eigenvalue weighted by atomic mass is 10.1. The third-order valence-electron chi connectivity index (χ3n) is 3.90. The second-order valence-corrected chi connectivity index (χ2v) is 5.58. The summed E-state index contributed by atoms with van der Waals surface area (Å²) in [4.78, 5) is 16.1. The van der Waals surface area contributed by atoms with Gasteiger partial charge in [-0.3, -0.25) is 0 Å². The molecule has 2 heterocycles. The molecule has 0 aromatic rings. The van der Waals surface area contributed by atoms with E-state index >= 15 is 0 Å². The molecule has 2 N–H and O–H groups in total. The molecule has 2 saturated heterocycles. The van der Waals surface area contributed by atoms with Crippen LogP contribution in [0.1, 0.15) is 26.2 Å². The number of hydrogen-bond acceptors (Lipinski definition) is 3. The Bertz CT molecular complexity index is 284. The Morgan fingerprint density at radius 3 is 2.83 bits per heavy atom. The van der Waals surface area contributed by atoms with Gasteiger partial charge in [0.15, 0.2) is 0 Å². The molecule has 0 aliphatic carbocycles. The molecule has 0 spiro atoms. The standard InChI is InChI=1S/C13H26N4O/c1-3-4-12-10-17(13(18)15-12)7-5-11-9-16(2)8-6-14-11/h11-12,14H,3-10H2,1-2H3,(H,15,18). The largest absolute Gasteiger partial charge is 0.333 e. The van der Waals surface area contributed by atoms with Gasteiger partial charge in [0.05, 0.1) is 0 Å². The molecule has 0 radical (unpaired) electrons. The van der Waals surface area contributed by atoms with Crippen LogP contribution in [-0.4, -0.2) is 67.7 Å². The highest BCUT2D eigenvalue weighted by Gasteiger charge is 2.28. The summed E-state index contributed by atoms with van der Waals surface area (Å²) < 4.78 is 0. The van der Waals surface area contributed by atoms with Gasteiger partial charge in [-0.25, -0.2) is 4.79 Å². The Kier molecular flexibility index (Phi) is 4.83. The van der Waals surface area contributed by atoms with Crippen LogP contribution < -0.4 is 10.6 Å². The van der Waals surface area contributed by atoms with Gasteiger partial charge < -0.3 is 20.4 Å². The van der Waals surface area contributed by atoms with Crippen LogP contribution in [0.4, 0.5) is 4.79 Å². The smallest absolute Gasteiger partial charge is 0.317 e. The first-order valence-corrected chi connectivity index (χ1v) is 7.16. The molecule has 2 aliphatic rings. The van der Waals surface area contributed by atoms with E-state index in [0.717, 1.165) is 52.0 Å². The first-order valence-electron chi connectivity index (χ1n) is 7.16. The highest BCUT2D eigenvalue weighted by Crippen LogP contribution is 2.11. The fourth-order valence-electron chi connectivity index (χ4n) is 2.86. The number of nitrogens with zero attached hydrogens (tertiary/aromatic N) is 2. The van der Waals surface area contributed by atoms with Crippen molar-refractivity contribution in [2.45, 2.75) is 38.3 Å². The van der Waals surface area contributed by atoms with Gasteiger partial charge in [0.2, 0.25) is 0 Å². The van der Waals surface area contributed by atoms with Crippen LogP contribution in [0.25, 0.3) is 0 Å². The lowest BCUT2D eigenvalue weighted by molar-refractivity contribution is 0.200. The normalized spacial score (nSPS) is 29.7. The van der Waals surface area contributed by atoms with Gasteiger partial charge in [-0.05, 0) is 19.9 Å². The summed E-state index contributed by atoms with van der Waals surface area (Å²) in [7, 11) is 2.16. The lowest BCUT2D eigenvalue weighted by Crippen LogP contribution is -2.50. The molecule has 0 saturated carbocycles. The molecule has 5 heteroatoms. The van der Waals surface area contributed by atoms with Crippen LogP contribution in [0, 0.1) is 0 Å². The van der Waals surface area contributed by atoms with Crippen LogP contribution in [0.15, 0.2) is 0 Å². The molecule has 2 atom stereocenters. The average Bonchev–Trinajstić information content (AvgIpc) is 2.68. The van der Waals surface area contributed by atoms with E-state index in [9.17, 15) is 4.79 Å². The summed E-state index contributed by atoms with van der Waals surface area (Å²) in [6.07, 6.45) is 3.27. The van der Waals surface area contributed by atoms with Gasteiger partial charge in [0.1, 0.15) is 0 Å². The fourth-order valence-corrected chi connectivity index (χ4v) is 2.86. The predicted molar refractivity (Wildman–Crippen MR) is 72.7 cm³/mol. The molecule has 0 bridgehead atoms. The zero-order valence-electron chi connectivity index (χ0n) is 11.6. The fraction of sp³-hybridized carbons (Fsp3) is 0.923. The third-order valence-corrected chi connectivity index (χ3v) is 3.90. The zero-order valence-corrected chi connectivity index (χ0v) is 11.6. The molecule has 5 nitrogen and oxygen atoms in total. The highest BCUT2D eigenvalue weighted by atomic mass is 16.2. The Balaban J connectivity index is 1.71. The zero-order chi connectivity index (χ0) is 13.0. The number of amides is 2. The maximum absolute atomic E-state index is 11.8. The van der Waals surface area contributed by atoms with Gasteiger partial charge in [-0.1, -0.05) is 13.3 Å². The van der Waals surface area contributed by atoms with Gasteiger partial charge >= 0.3 is 6.03 Å². The van der Waals surface area contributed by atoms with Gasteiger partial charge in [-0.2, -0.15) is 0 Å². The molecule has 0 aromatic heterocycles. The van der Waals surface area contributed by atoms with Gasteiger partial charge in [0.25, 0.3) is 0 Å². The van der Waals surface area contributed by atoms with E-state index in [-0.39, 0.29) is 6.03 Å². The number of urea groups is 1. The summed E-state index contributed by atoms with van der Waals surface area (Å²) in [6, 6.07) is 1.02. The Hall–Kier alpha value is -0.810. The van der Waals surface area contributed by atoms with E-state index in [1.54, 1.807) is 0 Å². The van der Waals surface area contributed by atoms with Crippen LogP contribution in [0.5, 0.6) is 0 Å². The molecule has 18 heavy (non-hydrogen) atoms. The molecular weight excluding hydrogens is 228 g/mol. The second-order valence-electron chi connectivity index (χ2n) is 5.58. The number of rotatable bonds is 5. The van der Waals surface area contributed by atoms with Gasteiger partial charge in [-0.15, -0.1) is 0 Å². The van der Waals surface area contributed by atoms with Crippen molar-refractivity contribution < 1.29 is 4.79 Å². The molecule has 2 amide bonds. The van der Waals surface area contributed by atoms with E-state index in [0.29, 0.717) is 12.1 Å². The summed E-state index contributed by atoms with van der Waals surface area (Å²) in [5.41, 5.74) is 0. The minimum absolute atomic E-state index is 0.123. The molecule has 2 fully saturated rings. The highest BCUT2D eigenvalue weighted by molar-refractivity contribution is 5.76. The second kappa shape index (κ2) is 6.38. The third kappa shape index (κ3) is 3.59. The number of piperazine rings is 1. The summed E-state index contributed by atoms with van der Waals surface area (Å²) in [5.74, 6) is 0. The van der Waals surface area contributed by atoms with Crippen molar-refractivity contribution in [2.75, 3.05) is 39.8 Å². The first kappa shape index (κ1) is 13.6. The minimum atomic E-state index is 0.123. The molecule has 2 unspecified atom stereocenters. The molecule has 104 valence electrons. The van der Waals surface area contributed by atoms with E-state index in [1.807, 2.05) is 4.90 Å². The molecule has 2 rings (SSSR count). The molecular formula is C13H26N4O. The van der Waals surface area contributed by atoms with Gasteiger partial charge in [0, 0.05) is 44.8 Å². The Labute approximate surface area is 110 Å². The van der Waals surface area contributed by atoms with Crippen molar-refractivity contribution in [1.29, 1.82) is 0 Å². The Morgan fingerprint density at radius 2 is 2.11 bits per heavy atom. The summed E-state index contributed by atoms with van der Waals surface area (Å²) in [6.45, 7) is 7.20. The van der Waals surface area contributed by atoms with Crippen LogP contribution in [0.3, 0.4) is 0 Å². The quantitative estimate of drug-likeness (QED) is 0.750. The number of carbonyl (C=O) groups is 1. The SMILES string of the molecule is CCCC1CN(CCC2CN(C)CCN2)C(=O)N1. The van der Waals surface area contributed by atoms with Crippen molar-refractivity contribution in [1.82, 2.24) is 20.4 Å². The summed E-state index contributed by atoms with van der Waals surface area (Å²) in [5, 5.41) is 6.58. The maximum atomic E-state index is 11.8. The Morgan fingerprint density at radius 1 is 1.28 bits per heavy atom. The van der Waals surface area contributed by atoms with E-state index < -0.39 is 0 Å². The monoisotopic (exact) mass is 254 g/mol. The predicted octanol–water partition coefficient (Wildman–Crippen LogP) is 0.474. The van der Waals surface area contributed by atoms with Crippen molar-refractivity contribution in [3.05, 3.63) is 0 Å². The van der Waals surface area contributed by atoms with E-state index in [4.69, 9.17) is 0 Å². The minimum Gasteiger partial charge on any atom is -0.333 e. The summed E-state index contributed by atoms with van der Waals surface area (Å²) >= 11 is 0. The van der Waals surface area contributed by atoms with Crippen LogP contribution in [-0.2, 0) is 0 Å². The average molecular weight is 254 g/mol.